The molecule has 0 spiro atoms. The molecule has 2 rings (SSSR count). The molecule has 1 amide bonds. The molecule has 1 saturated heterocycles. The van der Waals surface area contributed by atoms with Crippen LogP contribution in [0.4, 0.5) is 0 Å². The quantitative estimate of drug-likeness (QED) is 0.727. The number of hydrogen-bond donors (Lipinski definition) is 2. The molecule has 100 valence electrons. The second kappa shape index (κ2) is 5.45. The Morgan fingerprint density at radius 1 is 1.72 bits per heavy atom. The van der Waals surface area contributed by atoms with Gasteiger partial charge < -0.3 is 15.2 Å². The summed E-state index contributed by atoms with van der Waals surface area (Å²) in [4.78, 5) is 15.4. The Morgan fingerprint density at radius 3 is 3.17 bits per heavy atom. The molecule has 0 saturated carbocycles. The van der Waals surface area contributed by atoms with Crippen molar-refractivity contribution in [3.63, 3.8) is 0 Å². The van der Waals surface area contributed by atoms with E-state index in [1.165, 1.54) is 6.33 Å². The van der Waals surface area contributed by atoms with Gasteiger partial charge in [0, 0.05) is 26.0 Å². The topological polar surface area (TPSA) is 89.3 Å². The fourth-order valence-electron chi connectivity index (χ4n) is 1.91. The number of carbonyl (C=O) groups is 1. The van der Waals surface area contributed by atoms with Gasteiger partial charge in [-0.25, -0.2) is 4.98 Å². The highest BCUT2D eigenvalue weighted by Gasteiger charge is 2.39. The molecule has 0 radical (unpaired) electrons. The van der Waals surface area contributed by atoms with E-state index < -0.39 is 5.60 Å². The molecule has 2 heterocycles. The Labute approximate surface area is 105 Å². The number of rotatable bonds is 5. The molecule has 1 aromatic rings. The minimum absolute atomic E-state index is 0.113. The van der Waals surface area contributed by atoms with Gasteiger partial charge in [-0.2, -0.15) is 5.10 Å². The molecule has 0 aliphatic carbocycles. The summed E-state index contributed by atoms with van der Waals surface area (Å²) >= 11 is 0. The average Bonchev–Trinajstić information content (AvgIpc) is 2.96. The van der Waals surface area contributed by atoms with E-state index in [1.54, 1.807) is 11.0 Å². The Kier molecular flexibility index (Phi) is 3.93. The lowest BCUT2D eigenvalue weighted by Crippen LogP contribution is -2.47. The van der Waals surface area contributed by atoms with Gasteiger partial charge in [-0.3, -0.25) is 9.48 Å². The van der Waals surface area contributed by atoms with Crippen LogP contribution in [0.1, 0.15) is 19.8 Å². The maximum Gasteiger partial charge on any atom is 0.221 e. The molecule has 1 fully saturated rings. The Morgan fingerprint density at radius 2 is 2.56 bits per heavy atom. The summed E-state index contributed by atoms with van der Waals surface area (Å²) in [5.74, 6) is -0.113. The number of aromatic nitrogens is 3. The third kappa shape index (κ3) is 3.05. The fourth-order valence-corrected chi connectivity index (χ4v) is 1.91. The van der Waals surface area contributed by atoms with Crippen molar-refractivity contribution in [3.05, 3.63) is 12.7 Å². The molecule has 7 heteroatoms. The summed E-state index contributed by atoms with van der Waals surface area (Å²) in [5, 5.41) is 16.8. The highest BCUT2D eigenvalue weighted by atomic mass is 16.5. The van der Waals surface area contributed by atoms with E-state index in [0.29, 0.717) is 26.0 Å². The number of aliphatic hydroxyl groups is 1. The molecule has 1 aromatic heterocycles. The third-order valence-corrected chi connectivity index (χ3v) is 3.29. The van der Waals surface area contributed by atoms with Gasteiger partial charge in [0.1, 0.15) is 18.3 Å². The molecule has 2 unspecified atom stereocenters. The minimum Gasteiger partial charge on any atom is -0.385 e. The molecule has 2 atom stereocenters. The number of amides is 1. The van der Waals surface area contributed by atoms with Crippen molar-refractivity contribution < 1.29 is 14.6 Å². The predicted octanol–water partition coefficient (Wildman–Crippen LogP) is -0.676. The molecule has 1 aliphatic heterocycles. The van der Waals surface area contributed by atoms with Gasteiger partial charge in [0.15, 0.2) is 0 Å². The van der Waals surface area contributed by atoms with Gasteiger partial charge in [0.25, 0.3) is 0 Å². The number of aryl methyl sites for hydroxylation is 1. The first-order valence-electron chi connectivity index (χ1n) is 6.03. The third-order valence-electron chi connectivity index (χ3n) is 3.29. The van der Waals surface area contributed by atoms with Gasteiger partial charge >= 0.3 is 0 Å². The van der Waals surface area contributed by atoms with Crippen molar-refractivity contribution in [1.82, 2.24) is 20.1 Å². The molecule has 7 nitrogen and oxygen atoms in total. The first-order valence-corrected chi connectivity index (χ1v) is 6.03. The largest absolute Gasteiger partial charge is 0.385 e. The highest BCUT2D eigenvalue weighted by molar-refractivity contribution is 5.75. The lowest BCUT2D eigenvalue weighted by molar-refractivity contribution is -0.123. The van der Waals surface area contributed by atoms with Gasteiger partial charge in [0.05, 0.1) is 12.6 Å². The van der Waals surface area contributed by atoms with Crippen molar-refractivity contribution in [2.24, 2.45) is 0 Å². The summed E-state index contributed by atoms with van der Waals surface area (Å²) in [6, 6.07) is 0. The fraction of sp³-hybridized carbons (Fsp3) is 0.727. The second-order valence-corrected chi connectivity index (χ2v) is 4.55. The van der Waals surface area contributed by atoms with E-state index in [4.69, 9.17) is 4.74 Å². The average molecular weight is 254 g/mol. The van der Waals surface area contributed by atoms with Crippen LogP contribution in [0.3, 0.4) is 0 Å². The predicted molar refractivity (Wildman–Crippen MR) is 62.6 cm³/mol. The molecule has 1 aliphatic rings. The first kappa shape index (κ1) is 13.0. The van der Waals surface area contributed by atoms with Gasteiger partial charge in [-0.15, -0.1) is 0 Å². The standard InChI is InChI=1S/C11H18N4O3/c1-9-11(17,3-5-18-9)6-13-10(16)2-4-15-8-12-7-14-15/h7-9,17H,2-6H2,1H3,(H,13,16). The van der Waals surface area contributed by atoms with Crippen LogP contribution in [0, 0.1) is 0 Å². The smallest absolute Gasteiger partial charge is 0.221 e. The monoisotopic (exact) mass is 254 g/mol. The highest BCUT2D eigenvalue weighted by Crippen LogP contribution is 2.24. The van der Waals surface area contributed by atoms with Crippen LogP contribution in [0.5, 0.6) is 0 Å². The van der Waals surface area contributed by atoms with Crippen LogP contribution in [-0.4, -0.2) is 50.6 Å². The molecular weight excluding hydrogens is 236 g/mol. The van der Waals surface area contributed by atoms with Crippen LogP contribution < -0.4 is 5.32 Å². The molecule has 0 aromatic carbocycles. The lowest BCUT2D eigenvalue weighted by atomic mass is 9.97. The summed E-state index contributed by atoms with van der Waals surface area (Å²) in [7, 11) is 0. The van der Waals surface area contributed by atoms with Crippen LogP contribution in [0.15, 0.2) is 12.7 Å². The van der Waals surface area contributed by atoms with Crippen molar-refractivity contribution >= 4 is 5.91 Å². The van der Waals surface area contributed by atoms with E-state index >= 15 is 0 Å². The van der Waals surface area contributed by atoms with Crippen molar-refractivity contribution in [2.75, 3.05) is 13.2 Å². The summed E-state index contributed by atoms with van der Waals surface area (Å²) in [6.07, 6.45) is 3.62. The van der Waals surface area contributed by atoms with Gasteiger partial charge in [-0.05, 0) is 6.92 Å². The second-order valence-electron chi connectivity index (χ2n) is 4.55. The van der Waals surface area contributed by atoms with E-state index in [2.05, 4.69) is 15.4 Å². The first-order chi connectivity index (χ1) is 8.60. The van der Waals surface area contributed by atoms with Crippen LogP contribution in [0.2, 0.25) is 0 Å². The molecule has 2 N–H and O–H groups in total. The molecule has 0 bridgehead atoms. The van der Waals surface area contributed by atoms with Gasteiger partial charge in [0.2, 0.25) is 5.91 Å². The Hall–Kier alpha value is -1.47. The zero-order valence-corrected chi connectivity index (χ0v) is 10.4. The SMILES string of the molecule is CC1OCCC1(O)CNC(=O)CCn1cncn1. The van der Waals surface area contributed by atoms with Crippen molar-refractivity contribution in [2.45, 2.75) is 38.0 Å². The van der Waals surface area contributed by atoms with E-state index in [0.717, 1.165) is 0 Å². The number of nitrogens with zero attached hydrogens (tertiary/aromatic N) is 3. The van der Waals surface area contributed by atoms with E-state index in [9.17, 15) is 9.90 Å². The normalized spacial score (nSPS) is 27.3. The van der Waals surface area contributed by atoms with Crippen molar-refractivity contribution in [1.29, 1.82) is 0 Å². The lowest BCUT2D eigenvalue weighted by Gasteiger charge is -2.26. The molecular formula is C11H18N4O3. The maximum atomic E-state index is 11.6. The van der Waals surface area contributed by atoms with E-state index in [-0.39, 0.29) is 18.6 Å². The zero-order valence-electron chi connectivity index (χ0n) is 10.4. The molecule has 18 heavy (non-hydrogen) atoms. The minimum atomic E-state index is -0.942. The Bertz CT molecular complexity index is 395. The number of carbonyl (C=O) groups excluding carboxylic acids is 1. The number of hydrogen-bond acceptors (Lipinski definition) is 5. The van der Waals surface area contributed by atoms with Crippen molar-refractivity contribution in [3.8, 4) is 0 Å². The Balaban J connectivity index is 1.71. The van der Waals surface area contributed by atoms with Gasteiger partial charge in [-0.1, -0.05) is 0 Å². The van der Waals surface area contributed by atoms with Crippen LogP contribution in [-0.2, 0) is 16.1 Å². The summed E-state index contributed by atoms with van der Waals surface area (Å²) in [6.45, 7) is 3.06. The van der Waals surface area contributed by atoms with Crippen LogP contribution in [0.25, 0.3) is 0 Å². The summed E-state index contributed by atoms with van der Waals surface area (Å²) in [5.41, 5.74) is -0.942. The number of ether oxygens (including phenoxy) is 1. The maximum absolute atomic E-state index is 11.6. The van der Waals surface area contributed by atoms with E-state index in [1.807, 2.05) is 6.92 Å². The number of nitrogens with one attached hydrogen (secondary N) is 1. The zero-order chi connectivity index (χ0) is 13.0. The van der Waals surface area contributed by atoms with Crippen LogP contribution >= 0.6 is 0 Å². The summed E-state index contributed by atoms with van der Waals surface area (Å²) < 4.78 is 6.89.